The van der Waals surface area contributed by atoms with Gasteiger partial charge in [-0.15, -0.1) is 10.2 Å². The van der Waals surface area contributed by atoms with Crippen LogP contribution in [0.4, 0.5) is 11.5 Å². The number of nitrogen functional groups attached to an aromatic ring is 1. The van der Waals surface area contributed by atoms with E-state index in [2.05, 4.69) is 32.1 Å². The number of hydrogen-bond acceptors (Lipinski definition) is 10. The van der Waals surface area contributed by atoms with Crippen LogP contribution in [0.2, 0.25) is 0 Å². The zero-order valence-electron chi connectivity index (χ0n) is 28.0. The van der Waals surface area contributed by atoms with Crippen LogP contribution in [0.15, 0.2) is 54.6 Å². The zero-order valence-corrected chi connectivity index (χ0v) is 28.0. The number of amides is 1. The maximum Gasteiger partial charge on any atom is 0.222 e. The van der Waals surface area contributed by atoms with E-state index in [0.29, 0.717) is 43.0 Å². The molecule has 0 aliphatic carbocycles. The van der Waals surface area contributed by atoms with Gasteiger partial charge in [-0.2, -0.15) is 0 Å². The van der Waals surface area contributed by atoms with E-state index >= 15 is 0 Å². The lowest BCUT2D eigenvalue weighted by atomic mass is 10.1. The Morgan fingerprint density at radius 2 is 1.73 bits per heavy atom. The summed E-state index contributed by atoms with van der Waals surface area (Å²) >= 11 is 0. The second-order valence-corrected chi connectivity index (χ2v) is 12.7. The molecule has 1 aromatic heterocycles. The van der Waals surface area contributed by atoms with Gasteiger partial charge in [0.05, 0.1) is 6.54 Å². The molecule has 1 amide bonds. The molecular weight excluding hydrogens is 608 g/mol. The van der Waals surface area contributed by atoms with E-state index in [9.17, 15) is 14.7 Å². The number of unbranched alkanes of at least 4 members (excludes halogenated alkanes) is 6. The number of aldehydes is 1. The molecule has 1 atom stereocenters. The van der Waals surface area contributed by atoms with Gasteiger partial charge >= 0.3 is 0 Å². The van der Waals surface area contributed by atoms with E-state index in [1.54, 1.807) is 24.3 Å². The fourth-order valence-corrected chi connectivity index (χ4v) is 6.40. The van der Waals surface area contributed by atoms with Crippen molar-refractivity contribution in [2.45, 2.75) is 70.3 Å². The van der Waals surface area contributed by atoms with Crippen LogP contribution < -0.4 is 20.1 Å². The summed E-state index contributed by atoms with van der Waals surface area (Å²) < 4.78 is 12.5. The Morgan fingerprint density at radius 1 is 0.938 bits per heavy atom. The summed E-state index contributed by atoms with van der Waals surface area (Å²) in [6.07, 6.45) is 10.5. The number of phenols is 1. The Bertz CT molecular complexity index is 1460. The number of phenolic OH excluding ortho intramolecular Hbond substituents is 1. The molecule has 0 spiro atoms. The molecule has 2 saturated heterocycles. The number of carbonyl (C=O) groups is 2. The van der Waals surface area contributed by atoms with Crippen LogP contribution in [-0.4, -0.2) is 95.8 Å². The number of rotatable bonds is 17. The normalized spacial score (nSPS) is 16.9. The van der Waals surface area contributed by atoms with E-state index in [4.69, 9.17) is 15.2 Å². The Hall–Kier alpha value is -4.38. The molecule has 48 heavy (non-hydrogen) atoms. The standard InChI is InChI=1S/C37H50N6O5/c38-37-35(27-33(39-40-37)32-15-7-8-16-34(32)45)48-31-14-11-18-43(28-31)29-12-10-13-30(26-29)47-25-23-41-19-21-42(22-20-41)36(46)17-6-4-2-1-3-5-9-24-44/h7-8,10,12-13,15-16,24,26-27,31,45H,1-6,9,11,14,17-23,25,28H2,(H2,38,40). The van der Waals surface area contributed by atoms with E-state index in [-0.39, 0.29) is 23.6 Å². The van der Waals surface area contributed by atoms with Gasteiger partial charge in [-0.25, -0.2) is 0 Å². The molecule has 5 rings (SSSR count). The number of carbonyl (C=O) groups excluding carboxylic acids is 2. The monoisotopic (exact) mass is 658 g/mol. The number of benzene rings is 2. The van der Waals surface area contributed by atoms with Gasteiger partial charge in [0.25, 0.3) is 0 Å². The molecule has 2 fully saturated rings. The lowest BCUT2D eigenvalue weighted by molar-refractivity contribution is -0.133. The maximum atomic E-state index is 12.7. The summed E-state index contributed by atoms with van der Waals surface area (Å²) in [6, 6.07) is 16.9. The fourth-order valence-electron chi connectivity index (χ4n) is 6.40. The van der Waals surface area contributed by atoms with Gasteiger partial charge in [0.2, 0.25) is 5.91 Å². The highest BCUT2D eigenvalue weighted by Gasteiger charge is 2.24. The van der Waals surface area contributed by atoms with Crippen LogP contribution >= 0.6 is 0 Å². The van der Waals surface area contributed by atoms with Gasteiger partial charge in [-0.05, 0) is 49.9 Å². The van der Waals surface area contributed by atoms with Crippen LogP contribution in [0, 0.1) is 0 Å². The van der Waals surface area contributed by atoms with Crippen LogP contribution in [0.1, 0.15) is 64.2 Å². The molecule has 11 heteroatoms. The number of piperazine rings is 1. The number of nitrogens with zero attached hydrogens (tertiary/aromatic N) is 5. The van der Waals surface area contributed by atoms with Crippen molar-refractivity contribution < 1.29 is 24.2 Å². The summed E-state index contributed by atoms with van der Waals surface area (Å²) in [5.74, 6) is 1.92. The lowest BCUT2D eigenvalue weighted by Crippen LogP contribution is -2.49. The molecule has 3 aromatic rings. The van der Waals surface area contributed by atoms with Crippen LogP contribution in [0.3, 0.4) is 0 Å². The van der Waals surface area contributed by atoms with Crippen molar-refractivity contribution in [1.82, 2.24) is 20.0 Å². The van der Waals surface area contributed by atoms with Gasteiger partial charge in [0, 0.05) is 75.5 Å². The average Bonchev–Trinajstić information content (AvgIpc) is 3.11. The SMILES string of the molecule is Nc1nnc(-c2ccccc2O)cc1OC1CCCN(c2cccc(OCCN3CCN(C(=O)CCCCCCCCC=O)CC3)c2)C1. The first-order valence-corrected chi connectivity index (χ1v) is 17.5. The summed E-state index contributed by atoms with van der Waals surface area (Å²) in [5, 5.41) is 18.5. The van der Waals surface area contributed by atoms with Crippen LogP contribution in [0.5, 0.6) is 17.2 Å². The number of ether oxygens (including phenoxy) is 2. The van der Waals surface area contributed by atoms with Gasteiger partial charge in [0.1, 0.15) is 36.2 Å². The maximum absolute atomic E-state index is 12.7. The number of aromatic hydroxyl groups is 1. The van der Waals surface area contributed by atoms with Crippen molar-refractivity contribution in [1.29, 1.82) is 0 Å². The Labute approximate surface area is 284 Å². The number of anilines is 2. The Kier molecular flexibility index (Phi) is 13.3. The minimum Gasteiger partial charge on any atom is -0.507 e. The van der Waals surface area contributed by atoms with E-state index in [1.807, 2.05) is 23.1 Å². The molecule has 258 valence electrons. The third-order valence-corrected chi connectivity index (χ3v) is 9.18. The minimum absolute atomic E-state index is 0.0810. The molecule has 2 aromatic carbocycles. The second kappa shape index (κ2) is 18.2. The zero-order chi connectivity index (χ0) is 33.6. The van der Waals surface area contributed by atoms with Crippen LogP contribution in [0.25, 0.3) is 11.3 Å². The molecule has 1 unspecified atom stereocenters. The first-order chi connectivity index (χ1) is 23.5. The second-order valence-electron chi connectivity index (χ2n) is 12.7. The van der Waals surface area contributed by atoms with Crippen molar-refractivity contribution in [3.8, 4) is 28.5 Å². The lowest BCUT2D eigenvalue weighted by Gasteiger charge is -2.35. The highest BCUT2D eigenvalue weighted by Crippen LogP contribution is 2.32. The predicted octanol–water partition coefficient (Wildman–Crippen LogP) is 5.32. The Balaban J connectivity index is 1.02. The summed E-state index contributed by atoms with van der Waals surface area (Å²) in [7, 11) is 0. The molecule has 3 heterocycles. The fraction of sp³-hybridized carbons (Fsp3) is 0.514. The van der Waals surface area contributed by atoms with Crippen LogP contribution in [-0.2, 0) is 9.59 Å². The van der Waals surface area contributed by atoms with Crippen molar-refractivity contribution in [2.24, 2.45) is 0 Å². The molecule has 0 saturated carbocycles. The number of piperidine rings is 1. The molecular formula is C37H50N6O5. The predicted molar refractivity (Wildman–Crippen MR) is 187 cm³/mol. The largest absolute Gasteiger partial charge is 0.507 e. The molecule has 3 N–H and O–H groups in total. The van der Waals surface area contributed by atoms with Gasteiger partial charge in [-0.3, -0.25) is 9.69 Å². The minimum atomic E-state index is -0.0810. The number of nitrogens with two attached hydrogens (primary N) is 1. The highest BCUT2D eigenvalue weighted by atomic mass is 16.5. The topological polar surface area (TPSA) is 134 Å². The molecule has 0 radical (unpaired) electrons. The quantitative estimate of drug-likeness (QED) is 0.145. The Morgan fingerprint density at radius 3 is 2.54 bits per heavy atom. The van der Waals surface area contributed by atoms with Gasteiger partial charge in [0.15, 0.2) is 11.6 Å². The summed E-state index contributed by atoms with van der Waals surface area (Å²) in [6.45, 7) is 6.30. The molecule has 11 nitrogen and oxygen atoms in total. The van der Waals surface area contributed by atoms with Gasteiger partial charge < -0.3 is 34.9 Å². The van der Waals surface area contributed by atoms with E-state index in [0.717, 1.165) is 108 Å². The third-order valence-electron chi connectivity index (χ3n) is 9.18. The van der Waals surface area contributed by atoms with E-state index < -0.39 is 0 Å². The van der Waals surface area contributed by atoms with Crippen molar-refractivity contribution in [3.05, 3.63) is 54.6 Å². The van der Waals surface area contributed by atoms with E-state index in [1.165, 1.54) is 0 Å². The molecule has 2 aliphatic heterocycles. The van der Waals surface area contributed by atoms with Crippen molar-refractivity contribution in [2.75, 3.05) is 63.1 Å². The smallest absolute Gasteiger partial charge is 0.222 e. The molecule has 2 aliphatic rings. The first kappa shape index (κ1) is 34.9. The number of para-hydroxylation sites is 1. The molecule has 0 bridgehead atoms. The summed E-state index contributed by atoms with van der Waals surface area (Å²) in [4.78, 5) is 29.7. The van der Waals surface area contributed by atoms with Crippen molar-refractivity contribution in [3.63, 3.8) is 0 Å². The third kappa shape index (κ3) is 10.3. The average molecular weight is 659 g/mol. The number of hydrogen-bond donors (Lipinski definition) is 2. The van der Waals surface area contributed by atoms with Gasteiger partial charge in [-0.1, -0.05) is 43.9 Å². The summed E-state index contributed by atoms with van der Waals surface area (Å²) in [5.41, 5.74) is 8.30. The number of aromatic nitrogens is 2. The first-order valence-electron chi connectivity index (χ1n) is 17.5. The van der Waals surface area contributed by atoms with Crippen molar-refractivity contribution >= 4 is 23.7 Å². The highest BCUT2D eigenvalue weighted by molar-refractivity contribution is 5.76.